The van der Waals surface area contributed by atoms with Crippen molar-refractivity contribution < 1.29 is 62.4 Å². The van der Waals surface area contributed by atoms with Crippen molar-refractivity contribution in [2.24, 2.45) is 5.73 Å². The van der Waals surface area contributed by atoms with Gasteiger partial charge in [0.15, 0.2) is 0 Å². The largest absolute Gasteiger partial charge is 1.00 e. The van der Waals surface area contributed by atoms with Gasteiger partial charge < -0.3 is 12.5 Å². The average Bonchev–Trinajstić information content (AvgIpc) is 1.84. The first-order chi connectivity index (χ1) is 5.40. The Balaban J connectivity index is -0.0000000733. The summed E-state index contributed by atoms with van der Waals surface area (Å²) in [5.74, 6) is 0. The molecule has 4 nitrogen and oxygen atoms in total. The Kier molecular flexibility index (Phi) is 20.2. The number of primary amides is 1. The first-order valence-corrected chi connectivity index (χ1v) is 4.27. The van der Waals surface area contributed by atoms with Gasteiger partial charge in [-0.15, -0.1) is 0 Å². The molecule has 0 aromatic carbocycles. The van der Waals surface area contributed by atoms with Gasteiger partial charge in [0.05, 0.1) is 0 Å². The molecule has 13 heavy (non-hydrogen) atoms. The number of nitrogens with one attached hydrogen (secondary N) is 1. The van der Waals surface area contributed by atoms with Crippen molar-refractivity contribution in [2.75, 3.05) is 0 Å². The van der Waals surface area contributed by atoms with E-state index in [-0.39, 0.29) is 64.1 Å². The summed E-state index contributed by atoms with van der Waals surface area (Å²) in [6.07, 6.45) is 0.951. The zero-order valence-electron chi connectivity index (χ0n) is 9.07. The number of amides is 2. The normalized spacial score (nSPS) is 9.85. The van der Waals surface area contributed by atoms with E-state index in [1.807, 2.05) is 13.8 Å². The summed E-state index contributed by atoms with van der Waals surface area (Å²) in [5.41, 5.74) is 4.34. The second-order valence-electron chi connectivity index (χ2n) is 2.10. The van der Waals surface area contributed by atoms with E-state index in [0.29, 0.717) is 0 Å². The average molecular weight is 250 g/mol. The van der Waals surface area contributed by atoms with Crippen molar-refractivity contribution in [1.29, 1.82) is 0 Å². The van der Waals surface area contributed by atoms with Gasteiger partial charge in [0, 0.05) is 6.04 Å². The second-order valence-corrected chi connectivity index (χ2v) is 2.94. The van der Waals surface area contributed by atoms with Gasteiger partial charge in [-0.3, -0.25) is 9.59 Å². The number of hydrogen-bond donors (Lipinski definition) is 4. The van der Waals surface area contributed by atoms with Gasteiger partial charge >= 0.3 is 51.4 Å². The van der Waals surface area contributed by atoms with Crippen LogP contribution in [-0.2, 0) is 0 Å². The van der Waals surface area contributed by atoms with Crippen LogP contribution in [-0.4, -0.2) is 16.5 Å². The molecule has 0 fully saturated rings. The SMILES string of the molecule is CCC(C)NC(=O)S.NC(=O)S.[H-].[K+]. The molecular formula is C6H15KN2O2S2. The summed E-state index contributed by atoms with van der Waals surface area (Å²) in [6, 6.07) is 0.250. The zero-order valence-corrected chi connectivity index (χ0v) is 13.0. The van der Waals surface area contributed by atoms with Crippen LogP contribution < -0.4 is 62.4 Å². The molecular weight excluding hydrogens is 235 g/mol. The molecule has 0 radical (unpaired) electrons. The molecule has 7 heteroatoms. The van der Waals surface area contributed by atoms with Crippen LogP contribution in [0.3, 0.4) is 0 Å². The monoisotopic (exact) mass is 250 g/mol. The number of carbonyl (C=O) groups is 2. The molecule has 0 aliphatic rings. The summed E-state index contributed by atoms with van der Waals surface area (Å²) >= 11 is 6.65. The Hall–Kier alpha value is 1.28. The predicted molar refractivity (Wildman–Crippen MR) is 57.0 cm³/mol. The summed E-state index contributed by atoms with van der Waals surface area (Å²) < 4.78 is 0. The Morgan fingerprint density at radius 1 is 1.54 bits per heavy atom. The molecule has 0 aromatic heterocycles. The summed E-state index contributed by atoms with van der Waals surface area (Å²) in [7, 11) is 0. The van der Waals surface area contributed by atoms with E-state index in [1.54, 1.807) is 0 Å². The van der Waals surface area contributed by atoms with Crippen molar-refractivity contribution in [3.05, 3.63) is 0 Å². The molecule has 0 aliphatic heterocycles. The quantitative estimate of drug-likeness (QED) is 0.357. The molecule has 0 rings (SSSR count). The maximum atomic E-state index is 10.2. The third kappa shape index (κ3) is 31.9. The van der Waals surface area contributed by atoms with Gasteiger partial charge in [0.2, 0.25) is 0 Å². The second kappa shape index (κ2) is 13.3. The van der Waals surface area contributed by atoms with Gasteiger partial charge in [-0.1, -0.05) is 32.2 Å². The molecule has 1 unspecified atom stereocenters. The minimum absolute atomic E-state index is 0. The Morgan fingerprint density at radius 3 is 1.92 bits per heavy atom. The molecule has 0 bridgehead atoms. The molecule has 0 aliphatic carbocycles. The van der Waals surface area contributed by atoms with Crippen molar-refractivity contribution in [1.82, 2.24) is 5.32 Å². The Labute approximate surface area is 134 Å². The van der Waals surface area contributed by atoms with E-state index in [9.17, 15) is 4.79 Å². The first kappa shape index (κ1) is 19.8. The van der Waals surface area contributed by atoms with Crippen molar-refractivity contribution >= 4 is 35.7 Å². The fourth-order valence-corrected chi connectivity index (χ4v) is 0.533. The molecule has 0 aromatic rings. The third-order valence-electron chi connectivity index (χ3n) is 0.982. The first-order valence-electron chi connectivity index (χ1n) is 3.38. The van der Waals surface area contributed by atoms with E-state index < -0.39 is 5.24 Å². The topological polar surface area (TPSA) is 72.2 Å². The number of hydrogen-bond acceptors (Lipinski definition) is 2. The minimum Gasteiger partial charge on any atom is -1.00 e. The number of carbonyl (C=O) groups excluding carboxylic acids is 2. The summed E-state index contributed by atoms with van der Waals surface area (Å²) in [6.45, 7) is 3.95. The number of rotatable bonds is 2. The van der Waals surface area contributed by atoms with E-state index in [4.69, 9.17) is 4.79 Å². The zero-order chi connectivity index (χ0) is 10.1. The number of nitrogens with two attached hydrogens (primary N) is 1. The van der Waals surface area contributed by atoms with E-state index in [1.165, 1.54) is 0 Å². The fraction of sp³-hybridized carbons (Fsp3) is 0.667. The van der Waals surface area contributed by atoms with Gasteiger partial charge in [-0.05, 0) is 13.3 Å². The fourth-order valence-electron chi connectivity index (χ4n) is 0.313. The van der Waals surface area contributed by atoms with E-state index >= 15 is 0 Å². The molecule has 0 spiro atoms. The third-order valence-corrected chi connectivity index (χ3v) is 1.11. The predicted octanol–water partition coefficient (Wildman–Crippen LogP) is -1.46. The summed E-state index contributed by atoms with van der Waals surface area (Å²) in [4.78, 5) is 19.3. The van der Waals surface area contributed by atoms with Crippen LogP contribution >= 0.6 is 25.3 Å². The van der Waals surface area contributed by atoms with Crippen molar-refractivity contribution in [2.45, 2.75) is 26.3 Å². The van der Waals surface area contributed by atoms with Crippen LogP contribution in [0.4, 0.5) is 9.59 Å². The standard InChI is InChI=1S/C5H11NOS.CH3NOS.K.H/c1-3-4(2)6-5(7)8;2-1(3)4;;/h4H,3H2,1-2H3,(H2,6,7,8);(H3,2,3,4);;/q;;+1;-1. The van der Waals surface area contributed by atoms with Gasteiger partial charge in [0.25, 0.3) is 10.5 Å². The van der Waals surface area contributed by atoms with Crippen LogP contribution in [0.15, 0.2) is 0 Å². The van der Waals surface area contributed by atoms with E-state index in [0.717, 1.165) is 6.42 Å². The maximum Gasteiger partial charge on any atom is 1.00 e. The van der Waals surface area contributed by atoms with Gasteiger partial charge in [-0.25, -0.2) is 0 Å². The van der Waals surface area contributed by atoms with Gasteiger partial charge in [0.1, 0.15) is 0 Å². The molecule has 0 saturated carbocycles. The smallest absolute Gasteiger partial charge is 1.00 e. The molecule has 1 atom stereocenters. The maximum absolute atomic E-state index is 10.2. The van der Waals surface area contributed by atoms with Crippen LogP contribution in [0.1, 0.15) is 21.7 Å². The van der Waals surface area contributed by atoms with Crippen molar-refractivity contribution in [3.8, 4) is 0 Å². The van der Waals surface area contributed by atoms with Gasteiger partial charge in [-0.2, -0.15) is 0 Å². The molecule has 0 heterocycles. The summed E-state index contributed by atoms with van der Waals surface area (Å²) in [5, 5.41) is 1.73. The Morgan fingerprint density at radius 2 is 1.85 bits per heavy atom. The van der Waals surface area contributed by atoms with Crippen LogP contribution in [0.2, 0.25) is 0 Å². The van der Waals surface area contributed by atoms with Crippen LogP contribution in [0.5, 0.6) is 0 Å². The van der Waals surface area contributed by atoms with Crippen LogP contribution in [0, 0.1) is 0 Å². The molecule has 3 N–H and O–H groups in total. The minimum atomic E-state index is -0.639. The Bertz CT molecular complexity index is 159. The number of thiol groups is 2. The molecule has 2 amide bonds. The molecule has 0 saturated heterocycles. The van der Waals surface area contributed by atoms with Crippen molar-refractivity contribution in [3.63, 3.8) is 0 Å². The van der Waals surface area contributed by atoms with E-state index in [2.05, 4.69) is 36.3 Å². The van der Waals surface area contributed by atoms with Crippen LogP contribution in [0.25, 0.3) is 0 Å². The molecule has 74 valence electrons.